The fourth-order valence-corrected chi connectivity index (χ4v) is 3.56. The molecule has 164 valence electrons. The number of hydrogen-bond acceptors (Lipinski definition) is 5. The van der Waals surface area contributed by atoms with Crippen LogP contribution in [0.3, 0.4) is 0 Å². The van der Waals surface area contributed by atoms with Gasteiger partial charge in [-0.25, -0.2) is 14.2 Å². The van der Waals surface area contributed by atoms with E-state index in [4.69, 9.17) is 9.47 Å². The summed E-state index contributed by atoms with van der Waals surface area (Å²) >= 11 is 0. The Morgan fingerprint density at radius 3 is 2.39 bits per heavy atom. The maximum Gasteiger partial charge on any atom is 0.332 e. The van der Waals surface area contributed by atoms with Gasteiger partial charge in [0.15, 0.2) is 16.8 Å². The molecule has 1 aliphatic rings. The van der Waals surface area contributed by atoms with Gasteiger partial charge >= 0.3 is 5.69 Å². The van der Waals surface area contributed by atoms with E-state index in [1.54, 1.807) is 36.7 Å². The number of benzene rings is 1. The summed E-state index contributed by atoms with van der Waals surface area (Å²) in [6, 6.07) is 7.24. The van der Waals surface area contributed by atoms with Gasteiger partial charge in [-0.1, -0.05) is 18.2 Å². The topological polar surface area (TPSA) is 80.3 Å². The van der Waals surface area contributed by atoms with Crippen LogP contribution in [0.1, 0.15) is 25.2 Å². The van der Waals surface area contributed by atoms with Gasteiger partial charge in [0.1, 0.15) is 18.2 Å². The highest BCUT2D eigenvalue weighted by atomic mass is 19.1. The van der Waals surface area contributed by atoms with Gasteiger partial charge in [0, 0.05) is 20.1 Å². The van der Waals surface area contributed by atoms with Gasteiger partial charge in [0.05, 0.1) is 13.2 Å². The van der Waals surface area contributed by atoms with Crippen LogP contribution in [0.15, 0.2) is 33.9 Å². The minimum absolute atomic E-state index is 0.0313. The van der Waals surface area contributed by atoms with Crippen molar-refractivity contribution in [3.05, 3.63) is 56.5 Å². The summed E-state index contributed by atoms with van der Waals surface area (Å²) < 4.78 is 28.7. The molecule has 3 heterocycles. The zero-order valence-electron chi connectivity index (χ0n) is 17.8. The lowest BCUT2D eigenvalue weighted by Crippen LogP contribution is -2.50. The lowest BCUT2D eigenvalue weighted by atomic mass is 10.1. The van der Waals surface area contributed by atoms with E-state index in [0.717, 1.165) is 5.56 Å². The quantitative estimate of drug-likeness (QED) is 0.577. The van der Waals surface area contributed by atoms with E-state index in [9.17, 15) is 14.0 Å². The Hall–Kier alpha value is -3.20. The van der Waals surface area contributed by atoms with Crippen molar-refractivity contribution in [1.29, 1.82) is 0 Å². The molecule has 9 heteroatoms. The molecule has 31 heavy (non-hydrogen) atoms. The molecule has 0 aliphatic carbocycles. The van der Waals surface area contributed by atoms with E-state index >= 15 is 0 Å². The third kappa shape index (κ3) is 3.81. The van der Waals surface area contributed by atoms with Crippen LogP contribution in [0, 0.1) is 0 Å². The smallest absolute Gasteiger partial charge is 0.332 e. The molecule has 3 aromatic rings. The molecular formula is C22H25FN4O4. The van der Waals surface area contributed by atoms with Crippen LogP contribution < -0.4 is 16.0 Å². The van der Waals surface area contributed by atoms with Crippen molar-refractivity contribution < 1.29 is 13.9 Å². The van der Waals surface area contributed by atoms with Crippen LogP contribution in [0.25, 0.3) is 23.3 Å². The zero-order valence-corrected chi connectivity index (χ0v) is 17.8. The molecular weight excluding hydrogens is 403 g/mol. The lowest BCUT2D eigenvalue weighted by Gasteiger charge is -2.33. The molecule has 4 rings (SSSR count). The average molecular weight is 428 g/mol. The first-order valence-corrected chi connectivity index (χ1v) is 10.2. The predicted octanol–water partition coefficient (Wildman–Crippen LogP) is 2.22. The van der Waals surface area contributed by atoms with Crippen LogP contribution >= 0.6 is 0 Å². The van der Waals surface area contributed by atoms with E-state index in [-0.39, 0.29) is 31.1 Å². The minimum Gasteiger partial charge on any atom is -0.490 e. The molecule has 2 aromatic heterocycles. The third-order valence-electron chi connectivity index (χ3n) is 5.43. The van der Waals surface area contributed by atoms with Gasteiger partial charge in [0.25, 0.3) is 5.56 Å². The Bertz CT molecular complexity index is 1250. The molecule has 0 bridgehead atoms. The van der Waals surface area contributed by atoms with Crippen molar-refractivity contribution in [1.82, 2.24) is 18.7 Å². The first kappa shape index (κ1) is 21.0. The minimum atomic E-state index is -1.39. The number of aromatic nitrogens is 4. The summed E-state index contributed by atoms with van der Waals surface area (Å²) in [5, 5.41) is 0. The van der Waals surface area contributed by atoms with Gasteiger partial charge in [0.2, 0.25) is 0 Å². The number of hydrogen-bond donors (Lipinski definition) is 0. The summed E-state index contributed by atoms with van der Waals surface area (Å²) in [6.45, 7) is 4.45. The molecule has 1 aromatic carbocycles. The van der Waals surface area contributed by atoms with Crippen molar-refractivity contribution in [3.63, 3.8) is 0 Å². The molecule has 0 unspecified atom stereocenters. The zero-order chi connectivity index (χ0) is 22.2. The van der Waals surface area contributed by atoms with Gasteiger partial charge in [-0.2, -0.15) is 0 Å². The standard InChI is InChI=1S/C22H25FN4O4/c1-4-26-19-18(20(28)27(5-2)21(26)29)25(3)17(24-19)11-8-15-6-9-16(10-7-15)31-14-22(23)12-30-13-22/h6-11H,4-5,12-14H2,1-3H3/b11-8+. The van der Waals surface area contributed by atoms with Crippen molar-refractivity contribution in [3.8, 4) is 5.75 Å². The van der Waals surface area contributed by atoms with Crippen LogP contribution in [0.4, 0.5) is 4.39 Å². The third-order valence-corrected chi connectivity index (χ3v) is 5.43. The van der Waals surface area contributed by atoms with Crippen molar-refractivity contribution in [2.45, 2.75) is 32.6 Å². The second-order valence-corrected chi connectivity index (χ2v) is 7.61. The van der Waals surface area contributed by atoms with Gasteiger partial charge in [-0.05, 0) is 37.6 Å². The Kier molecular flexibility index (Phi) is 5.53. The monoisotopic (exact) mass is 428 g/mol. The fourth-order valence-electron chi connectivity index (χ4n) is 3.56. The lowest BCUT2D eigenvalue weighted by molar-refractivity contribution is -0.146. The summed E-state index contributed by atoms with van der Waals surface area (Å²) in [5.41, 5.74) is -0.421. The molecule has 8 nitrogen and oxygen atoms in total. The molecule has 0 saturated carbocycles. The maximum atomic E-state index is 13.9. The first-order valence-electron chi connectivity index (χ1n) is 10.2. The number of rotatable bonds is 7. The SMILES string of the molecule is CCn1c(=O)c2c(nc(/C=C/c3ccc(OCC4(F)COC4)cc3)n2C)n(CC)c1=O. The fraction of sp³-hybridized carbons (Fsp3) is 0.409. The number of fused-ring (bicyclic) bond motifs is 1. The number of nitrogens with zero attached hydrogens (tertiary/aromatic N) is 4. The molecule has 0 N–H and O–H groups in total. The number of halogens is 1. The summed E-state index contributed by atoms with van der Waals surface area (Å²) in [6.07, 6.45) is 3.65. The summed E-state index contributed by atoms with van der Waals surface area (Å²) in [7, 11) is 1.76. The maximum absolute atomic E-state index is 13.9. The van der Waals surface area contributed by atoms with E-state index in [0.29, 0.717) is 35.8 Å². The van der Waals surface area contributed by atoms with Crippen LogP contribution in [-0.2, 0) is 24.9 Å². The predicted molar refractivity (Wildman–Crippen MR) is 116 cm³/mol. The highest BCUT2D eigenvalue weighted by Crippen LogP contribution is 2.24. The van der Waals surface area contributed by atoms with Gasteiger partial charge in [-0.15, -0.1) is 0 Å². The molecule has 0 radical (unpaired) electrons. The molecule has 0 spiro atoms. The highest BCUT2D eigenvalue weighted by molar-refractivity contribution is 5.76. The number of ether oxygens (including phenoxy) is 2. The second kappa shape index (κ2) is 8.14. The van der Waals surface area contributed by atoms with Gasteiger partial charge in [-0.3, -0.25) is 13.9 Å². The molecule has 0 amide bonds. The molecule has 1 fully saturated rings. The number of aryl methyl sites for hydroxylation is 2. The van der Waals surface area contributed by atoms with E-state index < -0.39 is 5.67 Å². The molecule has 1 saturated heterocycles. The number of alkyl halides is 1. The van der Waals surface area contributed by atoms with Gasteiger partial charge < -0.3 is 14.0 Å². The largest absolute Gasteiger partial charge is 0.490 e. The Balaban J connectivity index is 1.59. The molecule has 0 atom stereocenters. The van der Waals surface area contributed by atoms with E-state index in [1.165, 1.54) is 9.13 Å². The van der Waals surface area contributed by atoms with Crippen molar-refractivity contribution >= 4 is 23.3 Å². The first-order chi connectivity index (χ1) is 14.9. The Morgan fingerprint density at radius 1 is 1.13 bits per heavy atom. The average Bonchev–Trinajstić information content (AvgIpc) is 3.07. The Labute approximate surface area is 178 Å². The van der Waals surface area contributed by atoms with Crippen LogP contribution in [0.5, 0.6) is 5.75 Å². The number of imidazole rings is 1. The normalized spacial score (nSPS) is 15.5. The Morgan fingerprint density at radius 2 is 1.81 bits per heavy atom. The highest BCUT2D eigenvalue weighted by Gasteiger charge is 2.39. The van der Waals surface area contributed by atoms with Crippen molar-refractivity contribution in [2.75, 3.05) is 19.8 Å². The van der Waals surface area contributed by atoms with Crippen molar-refractivity contribution in [2.24, 2.45) is 7.05 Å². The van der Waals surface area contributed by atoms with Crippen LogP contribution in [-0.4, -0.2) is 44.2 Å². The molecule has 1 aliphatic heterocycles. The summed E-state index contributed by atoms with van der Waals surface area (Å²) in [5.74, 6) is 1.14. The second-order valence-electron chi connectivity index (χ2n) is 7.61. The summed E-state index contributed by atoms with van der Waals surface area (Å²) in [4.78, 5) is 29.9. The van der Waals surface area contributed by atoms with Crippen LogP contribution in [0.2, 0.25) is 0 Å². The van der Waals surface area contributed by atoms with E-state index in [2.05, 4.69) is 4.98 Å². The van der Waals surface area contributed by atoms with E-state index in [1.807, 2.05) is 25.1 Å².